The molecule has 170 valence electrons. The molecule has 0 spiro atoms. The number of nitrogens with one attached hydrogen (secondary N) is 2. The lowest BCUT2D eigenvalue weighted by Crippen LogP contribution is -2.32. The molecular weight excluding hydrogens is 432 g/mol. The number of carbonyl (C=O) groups is 1. The molecule has 3 rings (SSSR count). The Kier molecular flexibility index (Phi) is 7.21. The van der Waals surface area contributed by atoms with Crippen molar-refractivity contribution in [2.24, 2.45) is 0 Å². The topological polar surface area (TPSA) is 128 Å². The number of hydrogen-bond donors (Lipinski definition) is 2. The summed E-state index contributed by atoms with van der Waals surface area (Å²) in [7, 11) is -3.79. The van der Waals surface area contributed by atoms with Crippen LogP contribution in [0.1, 0.15) is 31.2 Å². The first-order chi connectivity index (χ1) is 15.2. The summed E-state index contributed by atoms with van der Waals surface area (Å²) in [5.74, 6) is 0.348. The SMILES string of the molecule is CCCC(=O)Nc1ccc(S(=O)(=O)NCCn2nc(-n3nc(C)cc3C)ccc2=O)cc1. The van der Waals surface area contributed by atoms with Gasteiger partial charge in [0.2, 0.25) is 15.9 Å². The maximum Gasteiger partial charge on any atom is 0.266 e. The van der Waals surface area contributed by atoms with Crippen LogP contribution in [0.5, 0.6) is 0 Å². The Bertz CT molecular complexity index is 1260. The van der Waals surface area contributed by atoms with Crippen molar-refractivity contribution >= 4 is 21.6 Å². The number of carbonyl (C=O) groups excluding carboxylic acids is 1. The van der Waals surface area contributed by atoms with Gasteiger partial charge in [-0.25, -0.2) is 22.5 Å². The fourth-order valence-electron chi connectivity index (χ4n) is 3.11. The van der Waals surface area contributed by atoms with E-state index in [-0.39, 0.29) is 29.5 Å². The van der Waals surface area contributed by atoms with Crippen molar-refractivity contribution in [2.75, 3.05) is 11.9 Å². The maximum absolute atomic E-state index is 12.6. The van der Waals surface area contributed by atoms with Crippen LogP contribution in [0.15, 0.2) is 52.2 Å². The molecule has 10 nitrogen and oxygen atoms in total. The molecular formula is C21H26N6O4S. The first-order valence-corrected chi connectivity index (χ1v) is 11.7. The minimum absolute atomic E-state index is 0.0230. The van der Waals surface area contributed by atoms with Gasteiger partial charge in [-0.1, -0.05) is 6.92 Å². The molecule has 0 fully saturated rings. The Balaban J connectivity index is 1.65. The molecule has 32 heavy (non-hydrogen) atoms. The van der Waals surface area contributed by atoms with Crippen LogP contribution in [0.2, 0.25) is 0 Å². The molecule has 0 unspecified atom stereocenters. The van der Waals surface area contributed by atoms with Gasteiger partial charge in [0, 0.05) is 30.4 Å². The molecule has 2 aromatic heterocycles. The van der Waals surface area contributed by atoms with E-state index in [9.17, 15) is 18.0 Å². The van der Waals surface area contributed by atoms with E-state index in [1.54, 1.807) is 10.7 Å². The lowest BCUT2D eigenvalue weighted by Gasteiger charge is -2.10. The Labute approximate surface area is 186 Å². The van der Waals surface area contributed by atoms with Crippen molar-refractivity contribution in [3.63, 3.8) is 0 Å². The molecule has 0 atom stereocenters. The molecule has 0 radical (unpaired) electrons. The zero-order chi connectivity index (χ0) is 23.3. The van der Waals surface area contributed by atoms with Gasteiger partial charge in [-0.3, -0.25) is 9.59 Å². The largest absolute Gasteiger partial charge is 0.326 e. The Hall–Kier alpha value is -3.31. The highest BCUT2D eigenvalue weighted by molar-refractivity contribution is 7.89. The van der Waals surface area contributed by atoms with Crippen molar-refractivity contribution in [3.05, 3.63) is 64.2 Å². The van der Waals surface area contributed by atoms with Crippen LogP contribution >= 0.6 is 0 Å². The van der Waals surface area contributed by atoms with Crippen molar-refractivity contribution in [1.29, 1.82) is 0 Å². The van der Waals surface area contributed by atoms with Gasteiger partial charge in [0.25, 0.3) is 5.56 Å². The molecule has 2 N–H and O–H groups in total. The lowest BCUT2D eigenvalue weighted by molar-refractivity contribution is -0.116. The Morgan fingerprint density at radius 2 is 1.78 bits per heavy atom. The van der Waals surface area contributed by atoms with Crippen LogP contribution in [-0.4, -0.2) is 40.4 Å². The number of sulfonamides is 1. The minimum Gasteiger partial charge on any atom is -0.326 e. The summed E-state index contributed by atoms with van der Waals surface area (Å²) < 4.78 is 30.4. The lowest BCUT2D eigenvalue weighted by atomic mass is 10.3. The number of hydrogen-bond acceptors (Lipinski definition) is 6. The first kappa shape index (κ1) is 23.4. The quantitative estimate of drug-likeness (QED) is 0.503. The molecule has 2 heterocycles. The number of rotatable bonds is 9. The van der Waals surface area contributed by atoms with Crippen molar-refractivity contribution in [3.8, 4) is 5.82 Å². The molecule has 0 bridgehead atoms. The number of amides is 1. The van der Waals surface area contributed by atoms with Crippen LogP contribution < -0.4 is 15.6 Å². The highest BCUT2D eigenvalue weighted by Gasteiger charge is 2.14. The third kappa shape index (κ3) is 5.68. The van der Waals surface area contributed by atoms with E-state index in [1.165, 1.54) is 35.0 Å². The van der Waals surface area contributed by atoms with Gasteiger partial charge in [-0.05, 0) is 56.7 Å². The smallest absolute Gasteiger partial charge is 0.266 e. The van der Waals surface area contributed by atoms with E-state index in [2.05, 4.69) is 20.2 Å². The monoisotopic (exact) mass is 458 g/mol. The Morgan fingerprint density at radius 1 is 1.06 bits per heavy atom. The van der Waals surface area contributed by atoms with Crippen molar-refractivity contribution < 1.29 is 13.2 Å². The summed E-state index contributed by atoms with van der Waals surface area (Å²) in [5, 5.41) is 11.3. The summed E-state index contributed by atoms with van der Waals surface area (Å²) in [6.07, 6.45) is 1.13. The molecule has 0 aliphatic carbocycles. The predicted molar refractivity (Wildman–Crippen MR) is 120 cm³/mol. The predicted octanol–water partition coefficient (Wildman–Crippen LogP) is 1.76. The molecule has 1 aromatic carbocycles. The van der Waals surface area contributed by atoms with Gasteiger partial charge in [-0.2, -0.15) is 5.10 Å². The van der Waals surface area contributed by atoms with Crippen LogP contribution in [0.3, 0.4) is 0 Å². The average Bonchev–Trinajstić information content (AvgIpc) is 3.08. The molecule has 0 aliphatic heterocycles. The van der Waals surface area contributed by atoms with Crippen LogP contribution in [-0.2, 0) is 21.4 Å². The molecule has 11 heteroatoms. The van der Waals surface area contributed by atoms with Gasteiger partial charge in [0.1, 0.15) is 0 Å². The van der Waals surface area contributed by atoms with Gasteiger partial charge >= 0.3 is 0 Å². The van der Waals surface area contributed by atoms with E-state index < -0.39 is 10.0 Å². The zero-order valence-corrected chi connectivity index (χ0v) is 19.0. The Morgan fingerprint density at radius 3 is 2.41 bits per heavy atom. The second kappa shape index (κ2) is 9.88. The number of nitrogens with zero attached hydrogens (tertiary/aromatic N) is 4. The van der Waals surface area contributed by atoms with Crippen molar-refractivity contribution in [2.45, 2.75) is 45.1 Å². The average molecular weight is 459 g/mol. The molecule has 0 saturated carbocycles. The second-order valence-electron chi connectivity index (χ2n) is 7.31. The zero-order valence-electron chi connectivity index (χ0n) is 18.2. The summed E-state index contributed by atoms with van der Waals surface area (Å²) in [4.78, 5) is 23.9. The molecule has 1 amide bonds. The summed E-state index contributed by atoms with van der Waals surface area (Å²) >= 11 is 0. The summed E-state index contributed by atoms with van der Waals surface area (Å²) in [6.45, 7) is 5.67. The third-order valence-electron chi connectivity index (χ3n) is 4.62. The highest BCUT2D eigenvalue weighted by Crippen LogP contribution is 2.14. The maximum atomic E-state index is 12.6. The number of benzene rings is 1. The summed E-state index contributed by atoms with van der Waals surface area (Å²) in [5.41, 5.74) is 1.88. The van der Waals surface area contributed by atoms with E-state index in [0.717, 1.165) is 17.8 Å². The fraction of sp³-hybridized carbons (Fsp3) is 0.333. The fourth-order valence-corrected chi connectivity index (χ4v) is 4.13. The second-order valence-corrected chi connectivity index (χ2v) is 9.08. The molecule has 3 aromatic rings. The van der Waals surface area contributed by atoms with Crippen LogP contribution in [0, 0.1) is 13.8 Å². The van der Waals surface area contributed by atoms with E-state index in [4.69, 9.17) is 0 Å². The number of aryl methyl sites for hydroxylation is 2. The normalized spacial score (nSPS) is 11.5. The van der Waals surface area contributed by atoms with Gasteiger partial charge in [0.15, 0.2) is 5.82 Å². The first-order valence-electron chi connectivity index (χ1n) is 10.2. The van der Waals surface area contributed by atoms with Gasteiger partial charge < -0.3 is 5.32 Å². The van der Waals surface area contributed by atoms with E-state index in [1.807, 2.05) is 26.8 Å². The number of aromatic nitrogens is 4. The van der Waals surface area contributed by atoms with E-state index >= 15 is 0 Å². The van der Waals surface area contributed by atoms with Crippen molar-refractivity contribution in [1.82, 2.24) is 24.3 Å². The summed E-state index contributed by atoms with van der Waals surface area (Å²) in [6, 6.07) is 10.7. The van der Waals surface area contributed by atoms with Gasteiger partial charge in [0.05, 0.1) is 17.1 Å². The molecule has 0 aliphatic rings. The highest BCUT2D eigenvalue weighted by atomic mass is 32.2. The number of anilines is 1. The van der Waals surface area contributed by atoms with Gasteiger partial charge in [-0.15, -0.1) is 5.10 Å². The molecule has 0 saturated heterocycles. The minimum atomic E-state index is -3.79. The van der Waals surface area contributed by atoms with Crippen LogP contribution in [0.4, 0.5) is 5.69 Å². The third-order valence-corrected chi connectivity index (χ3v) is 6.10. The van der Waals surface area contributed by atoms with E-state index in [0.29, 0.717) is 17.9 Å². The standard InChI is InChI=1S/C21H26N6O4S/c1-4-5-20(28)23-17-6-8-18(9-7-17)32(30,31)22-12-13-26-21(29)11-10-19(25-26)27-16(3)14-15(2)24-27/h6-11,14,22H,4-5,12-13H2,1-3H3,(H,23,28). The van der Waals surface area contributed by atoms with Crippen LogP contribution in [0.25, 0.3) is 5.82 Å².